The molecule has 0 aliphatic heterocycles. The molecule has 1 N–H and O–H groups in total. The molecule has 4 nitrogen and oxygen atoms in total. The number of methoxy groups -OCH3 is 1. The highest BCUT2D eigenvalue weighted by molar-refractivity contribution is 5.87. The quantitative estimate of drug-likeness (QED) is 0.871. The van der Waals surface area contributed by atoms with Crippen molar-refractivity contribution in [2.75, 3.05) is 13.7 Å². The highest BCUT2D eigenvalue weighted by Gasteiger charge is 2.28. The molecule has 1 heterocycles. The van der Waals surface area contributed by atoms with Gasteiger partial charge < -0.3 is 14.5 Å². The molecule has 106 valence electrons. The fourth-order valence-electron chi connectivity index (χ4n) is 3.08. The smallest absolute Gasteiger partial charge is 0.306 e. The largest absolute Gasteiger partial charge is 0.497 e. The number of fused-ring (bicyclic) bond motifs is 3. The molecule has 2 aromatic rings. The summed E-state index contributed by atoms with van der Waals surface area (Å²) in [4.78, 5) is 15.1. The van der Waals surface area contributed by atoms with Crippen LogP contribution in [0.4, 0.5) is 0 Å². The number of esters is 1. The number of hydrogen-bond donors (Lipinski definition) is 1. The number of rotatable bonds is 4. The molecule has 0 amide bonds. The summed E-state index contributed by atoms with van der Waals surface area (Å²) in [5.74, 6) is 1.01. The van der Waals surface area contributed by atoms with Gasteiger partial charge in [-0.2, -0.15) is 0 Å². The topological polar surface area (TPSA) is 51.3 Å². The fraction of sp³-hybridized carbons (Fsp3) is 0.438. The Morgan fingerprint density at radius 1 is 1.45 bits per heavy atom. The zero-order valence-corrected chi connectivity index (χ0v) is 11.9. The Morgan fingerprint density at radius 2 is 2.30 bits per heavy atom. The summed E-state index contributed by atoms with van der Waals surface area (Å²) in [6.45, 7) is 2.29. The van der Waals surface area contributed by atoms with E-state index in [1.54, 1.807) is 7.11 Å². The van der Waals surface area contributed by atoms with Crippen LogP contribution in [0.3, 0.4) is 0 Å². The Labute approximate surface area is 118 Å². The summed E-state index contributed by atoms with van der Waals surface area (Å²) in [5, 5.41) is 1.21. The van der Waals surface area contributed by atoms with Gasteiger partial charge in [0.05, 0.1) is 20.1 Å². The predicted molar refractivity (Wildman–Crippen MR) is 77.2 cm³/mol. The van der Waals surface area contributed by atoms with Crippen LogP contribution in [0.15, 0.2) is 18.2 Å². The highest BCUT2D eigenvalue weighted by Crippen LogP contribution is 2.40. The zero-order chi connectivity index (χ0) is 14.1. The van der Waals surface area contributed by atoms with E-state index >= 15 is 0 Å². The van der Waals surface area contributed by atoms with Gasteiger partial charge in [-0.05, 0) is 43.5 Å². The molecule has 20 heavy (non-hydrogen) atoms. The van der Waals surface area contributed by atoms with Crippen LogP contribution in [0.25, 0.3) is 10.9 Å². The van der Waals surface area contributed by atoms with Crippen LogP contribution in [0.1, 0.15) is 36.9 Å². The third-order valence-corrected chi connectivity index (χ3v) is 4.02. The van der Waals surface area contributed by atoms with Crippen molar-refractivity contribution in [2.45, 2.75) is 32.1 Å². The summed E-state index contributed by atoms with van der Waals surface area (Å²) in [6.07, 6.45) is 2.48. The van der Waals surface area contributed by atoms with Gasteiger partial charge in [-0.15, -0.1) is 0 Å². The van der Waals surface area contributed by atoms with Crippen molar-refractivity contribution in [1.29, 1.82) is 0 Å². The molecular formula is C16H19NO3. The van der Waals surface area contributed by atoms with Crippen LogP contribution in [-0.4, -0.2) is 24.7 Å². The van der Waals surface area contributed by atoms with Crippen molar-refractivity contribution in [3.8, 4) is 5.75 Å². The standard InChI is InChI=1S/C16H19NO3/c1-3-20-15(18)8-10-4-6-12-13-9-11(19-2)5-7-14(13)17-16(10)12/h5,7,9-10,17H,3-4,6,8H2,1-2H3/t10-/m1/s1. The summed E-state index contributed by atoms with van der Waals surface area (Å²) < 4.78 is 10.3. The minimum absolute atomic E-state index is 0.110. The molecule has 0 bridgehead atoms. The molecule has 0 radical (unpaired) electrons. The number of carbonyl (C=O) groups is 1. The van der Waals surface area contributed by atoms with Gasteiger partial charge in [0.2, 0.25) is 0 Å². The zero-order valence-electron chi connectivity index (χ0n) is 11.9. The molecule has 3 rings (SSSR count). The van der Waals surface area contributed by atoms with E-state index < -0.39 is 0 Å². The molecule has 0 unspecified atom stereocenters. The van der Waals surface area contributed by atoms with Crippen LogP contribution in [0, 0.1) is 0 Å². The van der Waals surface area contributed by atoms with E-state index in [2.05, 4.69) is 11.1 Å². The van der Waals surface area contributed by atoms with Crippen molar-refractivity contribution in [3.05, 3.63) is 29.5 Å². The van der Waals surface area contributed by atoms with E-state index in [9.17, 15) is 4.79 Å². The second-order valence-corrected chi connectivity index (χ2v) is 5.17. The van der Waals surface area contributed by atoms with Crippen molar-refractivity contribution < 1.29 is 14.3 Å². The molecule has 0 fully saturated rings. The van der Waals surface area contributed by atoms with Crippen LogP contribution >= 0.6 is 0 Å². The predicted octanol–water partition coefficient (Wildman–Crippen LogP) is 3.16. The Balaban J connectivity index is 1.91. The lowest BCUT2D eigenvalue weighted by atomic mass is 10.0. The highest BCUT2D eigenvalue weighted by atomic mass is 16.5. The second kappa shape index (κ2) is 5.19. The molecule has 1 aromatic carbocycles. The first kappa shape index (κ1) is 13.0. The average Bonchev–Trinajstić information content (AvgIpc) is 2.98. The number of H-pyrrole nitrogens is 1. The molecule has 1 aliphatic rings. The van der Waals surface area contributed by atoms with Crippen LogP contribution < -0.4 is 4.74 Å². The maximum atomic E-state index is 11.7. The molecule has 0 saturated carbocycles. The SMILES string of the molecule is CCOC(=O)C[C@H]1CCc2c1[nH]c1ccc(OC)cc21. The van der Waals surface area contributed by atoms with Crippen LogP contribution in [-0.2, 0) is 16.0 Å². The van der Waals surface area contributed by atoms with Gasteiger partial charge >= 0.3 is 5.97 Å². The Bertz CT molecular complexity index is 644. The van der Waals surface area contributed by atoms with E-state index in [-0.39, 0.29) is 11.9 Å². The van der Waals surface area contributed by atoms with Crippen molar-refractivity contribution in [3.63, 3.8) is 0 Å². The minimum Gasteiger partial charge on any atom is -0.497 e. The van der Waals surface area contributed by atoms with Gasteiger partial charge in [0, 0.05) is 22.5 Å². The Kier molecular flexibility index (Phi) is 3.38. The molecule has 1 aromatic heterocycles. The number of aryl methyl sites for hydroxylation is 1. The minimum atomic E-state index is -0.110. The first-order chi connectivity index (χ1) is 9.72. The van der Waals surface area contributed by atoms with Gasteiger partial charge in [0.25, 0.3) is 0 Å². The number of nitrogens with one attached hydrogen (secondary N) is 1. The maximum absolute atomic E-state index is 11.7. The molecule has 4 heteroatoms. The third kappa shape index (κ3) is 2.15. The van der Waals surface area contributed by atoms with E-state index in [4.69, 9.17) is 9.47 Å². The molecule has 1 atom stereocenters. The summed E-state index contributed by atoms with van der Waals surface area (Å²) in [5.41, 5.74) is 3.64. The van der Waals surface area contributed by atoms with Gasteiger partial charge in [-0.1, -0.05) is 0 Å². The lowest BCUT2D eigenvalue weighted by Crippen LogP contribution is -2.08. The van der Waals surface area contributed by atoms with Crippen LogP contribution in [0.5, 0.6) is 5.75 Å². The van der Waals surface area contributed by atoms with Crippen molar-refractivity contribution >= 4 is 16.9 Å². The van der Waals surface area contributed by atoms with Gasteiger partial charge in [-0.3, -0.25) is 4.79 Å². The van der Waals surface area contributed by atoms with E-state index in [1.165, 1.54) is 16.6 Å². The van der Waals surface area contributed by atoms with E-state index in [1.807, 2.05) is 19.1 Å². The number of ether oxygens (including phenoxy) is 2. The molecule has 0 saturated heterocycles. The summed E-state index contributed by atoms with van der Waals surface area (Å²) in [6, 6.07) is 6.06. The van der Waals surface area contributed by atoms with Crippen molar-refractivity contribution in [2.24, 2.45) is 0 Å². The number of carbonyl (C=O) groups excluding carboxylic acids is 1. The number of hydrogen-bond acceptors (Lipinski definition) is 3. The number of benzene rings is 1. The van der Waals surface area contributed by atoms with Crippen LogP contribution in [0.2, 0.25) is 0 Å². The summed E-state index contributed by atoms with van der Waals surface area (Å²) in [7, 11) is 1.68. The Morgan fingerprint density at radius 3 is 3.05 bits per heavy atom. The first-order valence-electron chi connectivity index (χ1n) is 7.07. The second-order valence-electron chi connectivity index (χ2n) is 5.17. The lowest BCUT2D eigenvalue weighted by Gasteiger charge is -2.08. The fourth-order valence-corrected chi connectivity index (χ4v) is 3.08. The number of aromatic amines is 1. The van der Waals surface area contributed by atoms with E-state index in [0.717, 1.165) is 24.1 Å². The van der Waals surface area contributed by atoms with Crippen molar-refractivity contribution in [1.82, 2.24) is 4.98 Å². The number of aromatic nitrogens is 1. The van der Waals surface area contributed by atoms with Gasteiger partial charge in [-0.25, -0.2) is 0 Å². The first-order valence-corrected chi connectivity index (χ1v) is 7.07. The molecular weight excluding hydrogens is 254 g/mol. The molecule has 0 spiro atoms. The monoisotopic (exact) mass is 273 g/mol. The maximum Gasteiger partial charge on any atom is 0.306 e. The summed E-state index contributed by atoms with van der Waals surface area (Å²) >= 11 is 0. The lowest BCUT2D eigenvalue weighted by molar-refractivity contribution is -0.143. The van der Waals surface area contributed by atoms with Gasteiger partial charge in [0.15, 0.2) is 0 Å². The Hall–Kier alpha value is -1.97. The van der Waals surface area contributed by atoms with E-state index in [0.29, 0.717) is 13.0 Å². The van der Waals surface area contributed by atoms with Gasteiger partial charge in [0.1, 0.15) is 5.75 Å². The normalized spacial score (nSPS) is 17.2. The molecule has 1 aliphatic carbocycles. The third-order valence-electron chi connectivity index (χ3n) is 4.02. The average molecular weight is 273 g/mol.